The Morgan fingerprint density at radius 2 is 1.94 bits per heavy atom. The van der Waals surface area contributed by atoms with E-state index >= 15 is 0 Å². The van der Waals surface area contributed by atoms with Gasteiger partial charge in [0.25, 0.3) is 0 Å². The summed E-state index contributed by atoms with van der Waals surface area (Å²) in [5.74, 6) is 0.724. The van der Waals surface area contributed by atoms with E-state index in [2.05, 4.69) is 37.2 Å². The average Bonchev–Trinajstić information content (AvgIpc) is 3.23. The molecule has 1 saturated carbocycles. The summed E-state index contributed by atoms with van der Waals surface area (Å²) in [6.07, 6.45) is 9.43. The summed E-state index contributed by atoms with van der Waals surface area (Å²) in [5, 5.41) is 0. The topological polar surface area (TPSA) is 25.8 Å². The number of hydrogen-bond acceptors (Lipinski definition) is 2. The monoisotopic (exact) mass is 238 g/mol. The quantitative estimate of drug-likeness (QED) is 0.810. The number of rotatable bonds is 3. The third kappa shape index (κ3) is 1.92. The lowest BCUT2D eigenvalue weighted by molar-refractivity contribution is 0.964. The van der Waals surface area contributed by atoms with E-state index in [1.165, 1.54) is 40.8 Å². The molecule has 0 unspecified atom stereocenters. The largest absolute Gasteiger partial charge is 0.265 e. The van der Waals surface area contributed by atoms with Crippen LogP contribution in [0, 0.1) is 6.92 Å². The molecule has 3 rings (SSSR count). The van der Waals surface area contributed by atoms with Gasteiger partial charge in [-0.05, 0) is 55.0 Å². The van der Waals surface area contributed by atoms with Crippen LogP contribution in [0.15, 0.2) is 30.7 Å². The molecule has 0 N–H and O–H groups in total. The molecule has 92 valence electrons. The minimum Gasteiger partial charge on any atom is -0.265 e. The van der Waals surface area contributed by atoms with Crippen LogP contribution in [0.1, 0.15) is 42.5 Å². The highest BCUT2D eigenvalue weighted by Gasteiger charge is 2.27. The van der Waals surface area contributed by atoms with Crippen LogP contribution in [0.25, 0.3) is 11.1 Å². The highest BCUT2D eigenvalue weighted by molar-refractivity contribution is 5.68. The Kier molecular flexibility index (Phi) is 2.86. The van der Waals surface area contributed by atoms with Gasteiger partial charge in [-0.2, -0.15) is 0 Å². The average molecular weight is 238 g/mol. The van der Waals surface area contributed by atoms with Gasteiger partial charge in [0.15, 0.2) is 0 Å². The van der Waals surface area contributed by atoms with Crippen molar-refractivity contribution in [3.8, 4) is 11.1 Å². The van der Waals surface area contributed by atoms with Gasteiger partial charge in [0.05, 0.1) is 0 Å². The van der Waals surface area contributed by atoms with Crippen LogP contribution in [0.2, 0.25) is 0 Å². The van der Waals surface area contributed by atoms with Crippen LogP contribution in [0.5, 0.6) is 0 Å². The fourth-order valence-electron chi connectivity index (χ4n) is 2.67. The molecule has 2 heteroatoms. The third-order valence-corrected chi connectivity index (χ3v) is 3.80. The molecular weight excluding hydrogens is 220 g/mol. The lowest BCUT2D eigenvalue weighted by atomic mass is 9.94. The van der Waals surface area contributed by atoms with Gasteiger partial charge in [-0.25, -0.2) is 0 Å². The van der Waals surface area contributed by atoms with Crippen molar-refractivity contribution in [2.75, 3.05) is 0 Å². The molecule has 0 aromatic carbocycles. The zero-order valence-electron chi connectivity index (χ0n) is 11.0. The van der Waals surface area contributed by atoms with Crippen molar-refractivity contribution in [3.05, 3.63) is 47.5 Å². The maximum atomic E-state index is 4.70. The first kappa shape index (κ1) is 11.4. The molecule has 2 aromatic rings. The molecular formula is C16H18N2. The van der Waals surface area contributed by atoms with Crippen molar-refractivity contribution < 1.29 is 0 Å². The van der Waals surface area contributed by atoms with Crippen LogP contribution in [0.4, 0.5) is 0 Å². The second kappa shape index (κ2) is 4.52. The Morgan fingerprint density at radius 1 is 1.22 bits per heavy atom. The summed E-state index contributed by atoms with van der Waals surface area (Å²) in [6, 6.07) is 4.12. The van der Waals surface area contributed by atoms with Crippen molar-refractivity contribution in [2.45, 2.75) is 39.0 Å². The minimum absolute atomic E-state index is 0.724. The molecule has 2 heterocycles. The van der Waals surface area contributed by atoms with E-state index < -0.39 is 0 Å². The van der Waals surface area contributed by atoms with Gasteiger partial charge in [0.2, 0.25) is 0 Å². The molecule has 2 aromatic heterocycles. The summed E-state index contributed by atoms with van der Waals surface area (Å²) in [5.41, 5.74) is 6.65. The van der Waals surface area contributed by atoms with Crippen molar-refractivity contribution in [2.24, 2.45) is 0 Å². The summed E-state index contributed by atoms with van der Waals surface area (Å²) >= 11 is 0. The second-order valence-electron chi connectivity index (χ2n) is 5.02. The van der Waals surface area contributed by atoms with Crippen LogP contribution >= 0.6 is 0 Å². The smallest absolute Gasteiger partial charge is 0.0466 e. The molecule has 1 aliphatic rings. The van der Waals surface area contributed by atoms with E-state index in [0.717, 1.165) is 12.3 Å². The number of aromatic nitrogens is 2. The Bertz CT molecular complexity index is 557. The normalized spacial score (nSPS) is 14.8. The molecule has 0 aliphatic heterocycles. The molecule has 0 saturated heterocycles. The summed E-state index contributed by atoms with van der Waals surface area (Å²) < 4.78 is 0. The SMILES string of the molecule is CCc1c(-c2ccncc2)cnc(C2CC2)c1C. The van der Waals surface area contributed by atoms with E-state index in [4.69, 9.17) is 4.98 Å². The number of pyridine rings is 2. The van der Waals surface area contributed by atoms with E-state index in [1.54, 1.807) is 0 Å². The maximum absolute atomic E-state index is 4.70. The predicted octanol–water partition coefficient (Wildman–Crippen LogP) is 3.89. The van der Waals surface area contributed by atoms with Crippen molar-refractivity contribution in [1.29, 1.82) is 0 Å². The Hall–Kier alpha value is -1.70. The fraction of sp³-hybridized carbons (Fsp3) is 0.375. The molecule has 1 fully saturated rings. The molecule has 18 heavy (non-hydrogen) atoms. The number of nitrogens with zero attached hydrogens (tertiary/aromatic N) is 2. The minimum atomic E-state index is 0.724. The Morgan fingerprint density at radius 3 is 2.56 bits per heavy atom. The summed E-state index contributed by atoms with van der Waals surface area (Å²) in [7, 11) is 0. The van der Waals surface area contributed by atoms with Crippen molar-refractivity contribution in [3.63, 3.8) is 0 Å². The van der Waals surface area contributed by atoms with E-state index in [0.29, 0.717) is 0 Å². The molecule has 0 spiro atoms. The first-order valence-corrected chi connectivity index (χ1v) is 6.70. The van der Waals surface area contributed by atoms with Crippen molar-refractivity contribution in [1.82, 2.24) is 9.97 Å². The van der Waals surface area contributed by atoms with Crippen LogP contribution in [-0.2, 0) is 6.42 Å². The van der Waals surface area contributed by atoms with Gasteiger partial charge in [0.1, 0.15) is 0 Å². The summed E-state index contributed by atoms with van der Waals surface area (Å²) in [6.45, 7) is 4.45. The van der Waals surface area contributed by atoms with Gasteiger partial charge in [-0.1, -0.05) is 6.92 Å². The van der Waals surface area contributed by atoms with Gasteiger partial charge in [-0.15, -0.1) is 0 Å². The van der Waals surface area contributed by atoms with Crippen LogP contribution < -0.4 is 0 Å². The molecule has 0 atom stereocenters. The Balaban J connectivity index is 2.13. The highest BCUT2D eigenvalue weighted by atomic mass is 14.7. The van der Waals surface area contributed by atoms with E-state index in [-0.39, 0.29) is 0 Å². The third-order valence-electron chi connectivity index (χ3n) is 3.80. The zero-order chi connectivity index (χ0) is 12.5. The highest BCUT2D eigenvalue weighted by Crippen LogP contribution is 2.42. The standard InChI is InChI=1S/C16H18N2/c1-3-14-11(2)16(13-4-5-13)18-10-15(14)12-6-8-17-9-7-12/h6-10,13H,3-5H2,1-2H3. The summed E-state index contributed by atoms with van der Waals surface area (Å²) in [4.78, 5) is 8.79. The predicted molar refractivity (Wildman–Crippen MR) is 73.6 cm³/mol. The number of hydrogen-bond donors (Lipinski definition) is 0. The fourth-order valence-corrected chi connectivity index (χ4v) is 2.67. The first-order valence-electron chi connectivity index (χ1n) is 6.70. The zero-order valence-corrected chi connectivity index (χ0v) is 11.0. The van der Waals surface area contributed by atoms with E-state index in [1.807, 2.05) is 12.4 Å². The molecule has 1 aliphatic carbocycles. The van der Waals surface area contributed by atoms with Crippen molar-refractivity contribution >= 4 is 0 Å². The van der Waals surface area contributed by atoms with Crippen LogP contribution in [0.3, 0.4) is 0 Å². The van der Waals surface area contributed by atoms with Gasteiger partial charge in [-0.3, -0.25) is 9.97 Å². The van der Waals surface area contributed by atoms with Gasteiger partial charge >= 0.3 is 0 Å². The van der Waals surface area contributed by atoms with Gasteiger partial charge < -0.3 is 0 Å². The Labute approximate surface area is 108 Å². The molecule has 0 bridgehead atoms. The van der Waals surface area contributed by atoms with Crippen LogP contribution in [-0.4, -0.2) is 9.97 Å². The lowest BCUT2D eigenvalue weighted by Gasteiger charge is -2.14. The first-order chi connectivity index (χ1) is 8.81. The maximum Gasteiger partial charge on any atom is 0.0466 e. The second-order valence-corrected chi connectivity index (χ2v) is 5.02. The molecule has 0 radical (unpaired) electrons. The van der Waals surface area contributed by atoms with Gasteiger partial charge in [0, 0.05) is 35.8 Å². The molecule has 2 nitrogen and oxygen atoms in total. The van der Waals surface area contributed by atoms with E-state index in [9.17, 15) is 0 Å². The lowest BCUT2D eigenvalue weighted by Crippen LogP contribution is -2.00. The molecule has 0 amide bonds.